The summed E-state index contributed by atoms with van der Waals surface area (Å²) >= 11 is 0. The van der Waals surface area contributed by atoms with Crippen molar-refractivity contribution in [2.75, 3.05) is 13.2 Å². The normalized spacial score (nSPS) is 23.4. The lowest BCUT2D eigenvalue weighted by molar-refractivity contribution is -0.339. The lowest BCUT2D eigenvalue weighted by atomic mass is 9.97. The molecule has 7 aromatic carbocycles. The van der Waals surface area contributed by atoms with Crippen molar-refractivity contribution in [3.05, 3.63) is 251 Å². The van der Waals surface area contributed by atoms with Crippen molar-refractivity contribution in [3.8, 4) is 0 Å². The Hall–Kier alpha value is -5.90. The van der Waals surface area contributed by atoms with Gasteiger partial charge in [0.05, 0.1) is 59.5 Å². The monoisotopic (exact) mass is 972 g/mol. The van der Waals surface area contributed by atoms with Gasteiger partial charge in [-0.3, -0.25) is 0 Å². The van der Waals surface area contributed by atoms with Crippen molar-refractivity contribution >= 4 is 0 Å². The maximum atomic E-state index is 12.0. The van der Waals surface area contributed by atoms with Crippen LogP contribution in [0.15, 0.2) is 212 Å². The molecule has 0 spiro atoms. The highest BCUT2D eigenvalue weighted by Gasteiger charge is 2.55. The molecule has 0 bridgehead atoms. The first-order valence-electron chi connectivity index (χ1n) is 24.8. The molecule has 2 aliphatic rings. The van der Waals surface area contributed by atoms with E-state index in [9.17, 15) is 5.11 Å². The largest absolute Gasteiger partial charge is 0.374 e. The van der Waals surface area contributed by atoms with E-state index in [1.165, 1.54) is 0 Å². The average Bonchev–Trinajstić information content (AvgIpc) is 3.78. The van der Waals surface area contributed by atoms with Crippen LogP contribution in [0.1, 0.15) is 38.9 Å². The Labute approximate surface area is 423 Å². The van der Waals surface area contributed by atoms with Gasteiger partial charge in [-0.25, -0.2) is 0 Å². The smallest absolute Gasteiger partial charge is 0.187 e. The van der Waals surface area contributed by atoms with E-state index >= 15 is 0 Å². The Bertz CT molecular complexity index is 2550. The fourth-order valence-corrected chi connectivity index (χ4v) is 8.96. The Balaban J connectivity index is 1.08. The Morgan fingerprint density at radius 2 is 0.722 bits per heavy atom. The second-order valence-electron chi connectivity index (χ2n) is 18.0. The molecule has 10 atom stereocenters. The van der Waals surface area contributed by atoms with Gasteiger partial charge in [0.1, 0.15) is 48.8 Å². The molecule has 7 aromatic rings. The zero-order valence-corrected chi connectivity index (χ0v) is 40.4. The van der Waals surface area contributed by atoms with Gasteiger partial charge in [-0.15, -0.1) is 0 Å². The molecule has 0 unspecified atom stereocenters. The van der Waals surface area contributed by atoms with Crippen molar-refractivity contribution in [2.24, 2.45) is 0 Å². The molecule has 2 saturated heterocycles. The number of benzene rings is 7. The predicted octanol–water partition coefficient (Wildman–Crippen LogP) is 10.2. The molecule has 11 nitrogen and oxygen atoms in total. The third kappa shape index (κ3) is 14.8. The van der Waals surface area contributed by atoms with Gasteiger partial charge < -0.3 is 52.5 Å². The summed E-state index contributed by atoms with van der Waals surface area (Å²) in [5.74, 6) is 0. The quantitative estimate of drug-likeness (QED) is 0.0560. The molecule has 0 aromatic heterocycles. The second-order valence-corrected chi connectivity index (χ2v) is 18.0. The molecule has 11 heteroatoms. The molecule has 2 fully saturated rings. The van der Waals surface area contributed by atoms with Crippen LogP contribution >= 0.6 is 0 Å². The van der Waals surface area contributed by atoms with E-state index in [-0.39, 0.29) is 46.2 Å². The minimum absolute atomic E-state index is 0.0446. The molecular weight excluding hydrogens is 909 g/mol. The minimum Gasteiger partial charge on any atom is -0.374 e. The zero-order valence-electron chi connectivity index (χ0n) is 40.4. The van der Waals surface area contributed by atoms with E-state index in [0.717, 1.165) is 38.9 Å². The maximum Gasteiger partial charge on any atom is 0.187 e. The van der Waals surface area contributed by atoms with Gasteiger partial charge in [-0.05, 0) is 38.9 Å². The molecule has 72 heavy (non-hydrogen) atoms. The summed E-state index contributed by atoms with van der Waals surface area (Å²) in [5.41, 5.74) is 6.79. The summed E-state index contributed by atoms with van der Waals surface area (Å²) in [4.78, 5) is 0. The first-order chi connectivity index (χ1) is 35.6. The zero-order chi connectivity index (χ0) is 49.0. The van der Waals surface area contributed by atoms with Crippen LogP contribution in [-0.4, -0.2) is 79.7 Å². The number of aliphatic hydroxyl groups is 1. The van der Waals surface area contributed by atoms with E-state index in [1.807, 2.05) is 212 Å². The third-order valence-corrected chi connectivity index (χ3v) is 12.7. The van der Waals surface area contributed by atoms with E-state index in [4.69, 9.17) is 47.4 Å². The molecule has 0 aliphatic carbocycles. The fraction of sp³-hybridized carbons (Fsp3) is 0.311. The van der Waals surface area contributed by atoms with Gasteiger partial charge in [-0.1, -0.05) is 212 Å². The van der Waals surface area contributed by atoms with Crippen LogP contribution in [0.3, 0.4) is 0 Å². The number of ether oxygens (including phenoxy) is 10. The van der Waals surface area contributed by atoms with Crippen molar-refractivity contribution in [3.63, 3.8) is 0 Å². The molecule has 9 rings (SSSR count). The lowest BCUT2D eigenvalue weighted by Crippen LogP contribution is -2.62. The van der Waals surface area contributed by atoms with Gasteiger partial charge in [0.25, 0.3) is 0 Å². The highest BCUT2D eigenvalue weighted by molar-refractivity contribution is 5.19. The standard InChI is InChI=1S/C61H64O11/c62-60-58(68-41-50-32-18-6-19-33-50)56(66-39-48-28-14-4-15-29-48)55(53(70-60)44-64-37-46-24-10-2-11-25-46)72-61-59(69-42-51-34-20-7-21-35-51)57(67-40-49-30-16-5-17-31-49)54(71-61)52(65-38-47-26-12-3-13-27-47)43-63-36-45-22-8-1-9-23-45/h1-35,52-62H,36-44H2/t52-,53-,54-,55-,56+,57+,58-,59+,60+,61-/m1/s1. The van der Waals surface area contributed by atoms with Crippen LogP contribution in [0.2, 0.25) is 0 Å². The summed E-state index contributed by atoms with van der Waals surface area (Å²) in [7, 11) is 0. The van der Waals surface area contributed by atoms with Crippen LogP contribution in [0.25, 0.3) is 0 Å². The van der Waals surface area contributed by atoms with Crippen LogP contribution in [0, 0.1) is 0 Å². The summed E-state index contributed by atoms with van der Waals surface area (Å²) in [5, 5.41) is 12.0. The Morgan fingerprint density at radius 1 is 0.361 bits per heavy atom. The van der Waals surface area contributed by atoms with Crippen LogP contribution < -0.4 is 0 Å². The highest BCUT2D eigenvalue weighted by atomic mass is 16.8. The third-order valence-electron chi connectivity index (χ3n) is 12.7. The van der Waals surface area contributed by atoms with Gasteiger partial charge in [0.2, 0.25) is 0 Å². The number of hydrogen-bond donors (Lipinski definition) is 1. The first-order valence-corrected chi connectivity index (χ1v) is 24.8. The molecule has 2 aliphatic heterocycles. The van der Waals surface area contributed by atoms with Gasteiger partial charge in [0.15, 0.2) is 12.6 Å². The number of hydrogen-bond acceptors (Lipinski definition) is 11. The summed E-state index contributed by atoms with van der Waals surface area (Å²) < 4.78 is 68.3. The summed E-state index contributed by atoms with van der Waals surface area (Å²) in [6.07, 6.45) is -9.18. The van der Waals surface area contributed by atoms with E-state index in [1.54, 1.807) is 0 Å². The molecule has 0 radical (unpaired) electrons. The molecule has 374 valence electrons. The molecule has 0 saturated carbocycles. The minimum atomic E-state index is -1.40. The highest BCUT2D eigenvalue weighted by Crippen LogP contribution is 2.37. The molecular formula is C61H64O11. The van der Waals surface area contributed by atoms with E-state index < -0.39 is 61.4 Å². The number of aliphatic hydroxyl groups excluding tert-OH is 1. The van der Waals surface area contributed by atoms with Crippen molar-refractivity contribution in [1.29, 1.82) is 0 Å². The molecule has 0 amide bonds. The van der Waals surface area contributed by atoms with Gasteiger partial charge in [-0.2, -0.15) is 0 Å². The van der Waals surface area contributed by atoms with Crippen molar-refractivity contribution in [1.82, 2.24) is 0 Å². The predicted molar refractivity (Wildman–Crippen MR) is 272 cm³/mol. The van der Waals surface area contributed by atoms with Crippen LogP contribution in [0.4, 0.5) is 0 Å². The van der Waals surface area contributed by atoms with Crippen molar-refractivity contribution < 1.29 is 52.5 Å². The SMILES string of the molecule is O[C@H]1O[C@H](COCc2ccccc2)[C@@H](O[C@H]2O[C@H]([C@@H](COCc3ccccc3)OCc3ccccc3)[C@H](OCc3ccccc3)[C@@H]2OCc2ccccc2)[C@H](OCc2ccccc2)[C@H]1OCc1ccccc1. The first kappa shape index (κ1) is 51.0. The lowest BCUT2D eigenvalue weighted by Gasteiger charge is -2.45. The van der Waals surface area contributed by atoms with Gasteiger partial charge >= 0.3 is 0 Å². The molecule has 1 N–H and O–H groups in total. The van der Waals surface area contributed by atoms with Crippen molar-refractivity contribution in [2.45, 2.75) is 108 Å². The van der Waals surface area contributed by atoms with Crippen LogP contribution in [-0.2, 0) is 93.6 Å². The summed E-state index contributed by atoms with van der Waals surface area (Å²) in [6, 6.07) is 69.6. The summed E-state index contributed by atoms with van der Waals surface area (Å²) in [6.45, 7) is 2.03. The topological polar surface area (TPSA) is 113 Å². The average molecular weight is 973 g/mol. The van der Waals surface area contributed by atoms with E-state index in [2.05, 4.69) is 0 Å². The Morgan fingerprint density at radius 3 is 1.17 bits per heavy atom. The fourth-order valence-electron chi connectivity index (χ4n) is 8.96. The van der Waals surface area contributed by atoms with Gasteiger partial charge in [0, 0.05) is 0 Å². The maximum absolute atomic E-state index is 12.0. The second kappa shape index (κ2) is 27.2. The number of rotatable bonds is 26. The van der Waals surface area contributed by atoms with Crippen LogP contribution in [0.5, 0.6) is 0 Å². The molecule has 2 heterocycles. The Kier molecular flexibility index (Phi) is 19.3. The van der Waals surface area contributed by atoms with E-state index in [0.29, 0.717) is 13.2 Å².